The topological polar surface area (TPSA) is 61.8 Å². The summed E-state index contributed by atoms with van der Waals surface area (Å²) >= 11 is 2.06. The summed E-state index contributed by atoms with van der Waals surface area (Å²) in [6, 6.07) is 4.20. The molecule has 2 fully saturated rings. The average Bonchev–Trinajstić information content (AvgIpc) is 3.16. The summed E-state index contributed by atoms with van der Waals surface area (Å²) in [5, 5.41) is 7.55. The van der Waals surface area contributed by atoms with Crippen LogP contribution in [-0.4, -0.2) is 61.8 Å². The lowest BCUT2D eigenvalue weighted by Crippen LogP contribution is -2.40. The number of guanidine groups is 1. The Bertz CT molecular complexity index is 542. The Hall–Kier alpha value is -1.47. The van der Waals surface area contributed by atoms with E-state index in [-0.39, 0.29) is 0 Å². The number of rotatable bonds is 5. The molecule has 1 aromatic heterocycles. The highest BCUT2D eigenvalue weighted by molar-refractivity contribution is 8.00. The Morgan fingerprint density at radius 2 is 2.29 bits per heavy atom. The van der Waals surface area contributed by atoms with Gasteiger partial charge in [-0.1, -0.05) is 0 Å². The fourth-order valence-corrected chi connectivity index (χ4v) is 4.16. The molecule has 0 bridgehead atoms. The molecule has 2 N–H and O–H groups in total. The summed E-state index contributed by atoms with van der Waals surface area (Å²) in [6.45, 7) is 5.11. The van der Waals surface area contributed by atoms with Gasteiger partial charge < -0.3 is 20.3 Å². The van der Waals surface area contributed by atoms with Gasteiger partial charge in [-0.25, -0.2) is 4.98 Å². The van der Waals surface area contributed by atoms with E-state index in [0.29, 0.717) is 0 Å². The van der Waals surface area contributed by atoms with Gasteiger partial charge in [0.1, 0.15) is 5.82 Å². The van der Waals surface area contributed by atoms with Crippen molar-refractivity contribution in [1.82, 2.24) is 15.6 Å². The van der Waals surface area contributed by atoms with Crippen molar-refractivity contribution in [3.63, 3.8) is 0 Å². The van der Waals surface area contributed by atoms with Gasteiger partial charge in [-0.2, -0.15) is 11.8 Å². The minimum absolute atomic E-state index is 0.720. The highest BCUT2D eigenvalue weighted by atomic mass is 32.2. The molecular weight excluding hydrogens is 322 g/mol. The highest BCUT2D eigenvalue weighted by Gasteiger charge is 2.16. The molecule has 3 rings (SSSR count). The van der Waals surface area contributed by atoms with Crippen LogP contribution < -0.4 is 15.5 Å². The first kappa shape index (κ1) is 17.4. The molecule has 1 unspecified atom stereocenters. The summed E-state index contributed by atoms with van der Waals surface area (Å²) in [6.07, 6.45) is 4.53. The number of aromatic nitrogens is 1. The van der Waals surface area contributed by atoms with Gasteiger partial charge in [0.15, 0.2) is 5.96 Å². The van der Waals surface area contributed by atoms with Gasteiger partial charge >= 0.3 is 0 Å². The molecule has 1 atom stereocenters. The molecule has 0 aromatic carbocycles. The lowest BCUT2D eigenvalue weighted by Gasteiger charge is -2.28. The number of aliphatic imine (C=N–C) groups is 1. The zero-order chi connectivity index (χ0) is 16.6. The van der Waals surface area contributed by atoms with Crippen LogP contribution in [0.15, 0.2) is 23.3 Å². The van der Waals surface area contributed by atoms with Gasteiger partial charge in [0.25, 0.3) is 0 Å². The van der Waals surface area contributed by atoms with Crippen molar-refractivity contribution in [3.05, 3.63) is 23.9 Å². The lowest BCUT2D eigenvalue weighted by molar-refractivity contribution is 0.122. The van der Waals surface area contributed by atoms with Crippen LogP contribution in [0, 0.1) is 0 Å². The van der Waals surface area contributed by atoms with Crippen LogP contribution in [0.3, 0.4) is 0 Å². The van der Waals surface area contributed by atoms with E-state index in [4.69, 9.17) is 4.74 Å². The van der Waals surface area contributed by atoms with Crippen molar-refractivity contribution >= 4 is 23.5 Å². The summed E-state index contributed by atoms with van der Waals surface area (Å²) in [5.41, 5.74) is 1.21. The first-order valence-electron chi connectivity index (χ1n) is 8.69. The third kappa shape index (κ3) is 5.01. The molecule has 0 aliphatic carbocycles. The number of anilines is 1. The Balaban J connectivity index is 1.49. The zero-order valence-electron chi connectivity index (χ0n) is 14.3. The molecule has 132 valence electrons. The SMILES string of the molecule is CN=C(NCc1ccnc(N2CCOCC2)c1)NCC1CCCS1. The molecule has 2 saturated heterocycles. The van der Waals surface area contributed by atoms with Gasteiger partial charge in [-0.05, 0) is 36.3 Å². The summed E-state index contributed by atoms with van der Waals surface area (Å²) in [4.78, 5) is 11.1. The van der Waals surface area contributed by atoms with Gasteiger partial charge in [0.05, 0.1) is 13.2 Å². The van der Waals surface area contributed by atoms with E-state index in [1.807, 2.05) is 13.2 Å². The fraction of sp³-hybridized carbons (Fsp3) is 0.647. The minimum Gasteiger partial charge on any atom is -0.378 e. The predicted octanol–water partition coefficient (Wildman–Crippen LogP) is 1.48. The van der Waals surface area contributed by atoms with Gasteiger partial charge in [-0.3, -0.25) is 4.99 Å². The van der Waals surface area contributed by atoms with E-state index in [0.717, 1.165) is 56.4 Å². The number of nitrogens with zero attached hydrogens (tertiary/aromatic N) is 3. The zero-order valence-corrected chi connectivity index (χ0v) is 15.1. The van der Waals surface area contributed by atoms with Crippen molar-refractivity contribution in [2.24, 2.45) is 4.99 Å². The van der Waals surface area contributed by atoms with Gasteiger partial charge in [0.2, 0.25) is 0 Å². The highest BCUT2D eigenvalue weighted by Crippen LogP contribution is 2.25. The van der Waals surface area contributed by atoms with E-state index >= 15 is 0 Å². The molecule has 3 heterocycles. The number of ether oxygens (including phenoxy) is 1. The van der Waals surface area contributed by atoms with E-state index in [2.05, 4.69) is 49.4 Å². The molecule has 24 heavy (non-hydrogen) atoms. The Morgan fingerprint density at radius 1 is 1.42 bits per heavy atom. The third-order valence-electron chi connectivity index (χ3n) is 4.35. The van der Waals surface area contributed by atoms with E-state index < -0.39 is 0 Å². The van der Waals surface area contributed by atoms with Crippen LogP contribution in [0.4, 0.5) is 5.82 Å². The number of pyridine rings is 1. The predicted molar refractivity (Wildman–Crippen MR) is 101 cm³/mol. The van der Waals surface area contributed by atoms with Crippen molar-refractivity contribution < 1.29 is 4.74 Å². The molecular formula is C17H27N5OS. The summed E-state index contributed by atoms with van der Waals surface area (Å²) in [5.74, 6) is 3.19. The lowest BCUT2D eigenvalue weighted by atomic mass is 10.2. The molecule has 0 saturated carbocycles. The van der Waals surface area contributed by atoms with Crippen LogP contribution in [0.2, 0.25) is 0 Å². The van der Waals surface area contributed by atoms with Crippen molar-refractivity contribution in [1.29, 1.82) is 0 Å². The maximum atomic E-state index is 5.41. The molecule has 0 amide bonds. The van der Waals surface area contributed by atoms with Crippen molar-refractivity contribution in [3.8, 4) is 0 Å². The standard InChI is InChI=1S/C17H27N5OS/c1-18-17(21-13-15-3-2-10-24-15)20-12-14-4-5-19-16(11-14)22-6-8-23-9-7-22/h4-5,11,15H,2-3,6-10,12-13H2,1H3,(H2,18,20,21). The number of hydrogen-bond acceptors (Lipinski definition) is 5. The van der Waals surface area contributed by atoms with E-state index in [9.17, 15) is 0 Å². The van der Waals surface area contributed by atoms with Gasteiger partial charge in [0, 0.05) is 44.7 Å². The molecule has 6 nitrogen and oxygen atoms in total. The Labute approximate surface area is 148 Å². The van der Waals surface area contributed by atoms with Crippen molar-refractivity contribution in [2.75, 3.05) is 50.5 Å². The van der Waals surface area contributed by atoms with Crippen LogP contribution in [-0.2, 0) is 11.3 Å². The van der Waals surface area contributed by atoms with Crippen LogP contribution in [0.5, 0.6) is 0 Å². The van der Waals surface area contributed by atoms with Crippen LogP contribution >= 0.6 is 11.8 Å². The average molecular weight is 350 g/mol. The number of morpholine rings is 1. The second kappa shape index (κ2) is 9.13. The normalized spacial score (nSPS) is 21.8. The quantitative estimate of drug-likeness (QED) is 0.620. The van der Waals surface area contributed by atoms with Crippen molar-refractivity contribution in [2.45, 2.75) is 24.6 Å². The molecule has 2 aliphatic rings. The smallest absolute Gasteiger partial charge is 0.191 e. The maximum Gasteiger partial charge on any atom is 0.191 e. The molecule has 0 spiro atoms. The first-order valence-corrected chi connectivity index (χ1v) is 9.74. The fourth-order valence-electron chi connectivity index (χ4n) is 2.96. The first-order chi connectivity index (χ1) is 11.8. The van der Waals surface area contributed by atoms with E-state index in [1.54, 1.807) is 0 Å². The number of hydrogen-bond donors (Lipinski definition) is 2. The molecule has 1 aromatic rings. The summed E-state index contributed by atoms with van der Waals surface area (Å²) in [7, 11) is 1.82. The second-order valence-corrected chi connectivity index (χ2v) is 7.47. The number of nitrogens with one attached hydrogen (secondary N) is 2. The largest absolute Gasteiger partial charge is 0.378 e. The van der Waals surface area contributed by atoms with Gasteiger partial charge in [-0.15, -0.1) is 0 Å². The molecule has 7 heteroatoms. The Kier molecular flexibility index (Phi) is 6.60. The third-order valence-corrected chi connectivity index (χ3v) is 5.75. The van der Waals surface area contributed by atoms with Crippen LogP contribution in [0.25, 0.3) is 0 Å². The van der Waals surface area contributed by atoms with Crippen LogP contribution in [0.1, 0.15) is 18.4 Å². The Morgan fingerprint density at radius 3 is 3.04 bits per heavy atom. The number of thioether (sulfide) groups is 1. The van der Waals surface area contributed by atoms with E-state index in [1.165, 1.54) is 24.2 Å². The second-order valence-electron chi connectivity index (χ2n) is 6.06. The maximum absolute atomic E-state index is 5.41. The molecule has 2 aliphatic heterocycles. The summed E-state index contributed by atoms with van der Waals surface area (Å²) < 4.78 is 5.41. The molecule has 0 radical (unpaired) electrons. The monoisotopic (exact) mass is 349 g/mol. The minimum atomic E-state index is 0.720.